The van der Waals surface area contributed by atoms with Gasteiger partial charge in [-0.3, -0.25) is 9.97 Å². The molecule has 0 bridgehead atoms. The van der Waals surface area contributed by atoms with E-state index in [1.165, 1.54) is 6.20 Å². The van der Waals surface area contributed by atoms with Gasteiger partial charge in [-0.1, -0.05) is 0 Å². The van der Waals surface area contributed by atoms with Gasteiger partial charge in [-0.2, -0.15) is 20.2 Å². The third kappa shape index (κ3) is 3.39. The number of nitrogens with two attached hydrogens (primary N) is 1. The van der Waals surface area contributed by atoms with Crippen LogP contribution in [0, 0.1) is 11.3 Å². The molecule has 0 amide bonds. The maximum atomic E-state index is 12.9. The first-order chi connectivity index (χ1) is 13.5. The van der Waals surface area contributed by atoms with Crippen molar-refractivity contribution in [2.75, 3.05) is 11.1 Å². The highest BCUT2D eigenvalue weighted by Crippen LogP contribution is 2.47. The highest BCUT2D eigenvalue weighted by atomic mass is 19.3. The van der Waals surface area contributed by atoms with Crippen molar-refractivity contribution in [1.29, 1.82) is 5.26 Å². The van der Waals surface area contributed by atoms with Gasteiger partial charge < -0.3 is 11.1 Å². The van der Waals surface area contributed by atoms with Crippen LogP contribution in [0.3, 0.4) is 0 Å². The number of nitrogens with one attached hydrogen (secondary N) is 1. The zero-order valence-corrected chi connectivity index (χ0v) is 14.3. The minimum Gasteiger partial charge on any atom is -0.368 e. The number of nitrogen functional groups attached to an aromatic ring is 1. The summed E-state index contributed by atoms with van der Waals surface area (Å²) in [5, 5.41) is 12.3. The number of alkyl halides is 2. The summed E-state index contributed by atoms with van der Waals surface area (Å²) < 4.78 is 25.7. The van der Waals surface area contributed by atoms with Crippen LogP contribution in [0.15, 0.2) is 30.7 Å². The molecule has 0 saturated heterocycles. The monoisotopic (exact) mass is 381 g/mol. The van der Waals surface area contributed by atoms with Crippen LogP contribution in [-0.2, 0) is 5.41 Å². The Balaban J connectivity index is 1.64. The van der Waals surface area contributed by atoms with Crippen LogP contribution in [0.25, 0.3) is 11.5 Å². The van der Waals surface area contributed by atoms with E-state index in [2.05, 4.69) is 41.3 Å². The maximum absolute atomic E-state index is 12.9. The average Bonchev–Trinajstić information content (AvgIpc) is 3.49. The Labute approximate surface area is 157 Å². The van der Waals surface area contributed by atoms with E-state index >= 15 is 0 Å². The molecule has 1 saturated carbocycles. The van der Waals surface area contributed by atoms with Crippen molar-refractivity contribution in [2.45, 2.75) is 24.7 Å². The number of hydrogen-bond donors (Lipinski definition) is 2. The summed E-state index contributed by atoms with van der Waals surface area (Å²) >= 11 is 0. The van der Waals surface area contributed by atoms with Crippen LogP contribution < -0.4 is 11.1 Å². The normalized spacial score (nSPS) is 14.5. The van der Waals surface area contributed by atoms with Crippen LogP contribution in [0.4, 0.5) is 26.4 Å². The molecule has 4 rings (SSSR count). The first-order valence-electron chi connectivity index (χ1n) is 8.26. The first kappa shape index (κ1) is 17.6. The molecule has 3 heterocycles. The van der Waals surface area contributed by atoms with E-state index in [9.17, 15) is 14.0 Å². The molecule has 11 heteroatoms. The molecular formula is C17H13F2N9. The number of rotatable bonds is 5. The van der Waals surface area contributed by atoms with Gasteiger partial charge in [-0.05, 0) is 25.0 Å². The number of nitriles is 1. The zero-order chi connectivity index (χ0) is 19.7. The molecule has 0 radical (unpaired) electrons. The number of aromatic nitrogens is 6. The van der Waals surface area contributed by atoms with E-state index in [0.717, 1.165) is 19.0 Å². The molecule has 9 nitrogen and oxygen atoms in total. The topological polar surface area (TPSA) is 139 Å². The van der Waals surface area contributed by atoms with Gasteiger partial charge in [0.1, 0.15) is 11.4 Å². The maximum Gasteiger partial charge on any atom is 0.281 e. The molecule has 3 aromatic heterocycles. The number of nitrogens with zero attached hydrogens (tertiary/aromatic N) is 7. The highest BCUT2D eigenvalue weighted by Gasteiger charge is 2.46. The standard InChI is InChI=1S/C17H13F2N9/c18-13(19)10-6-22-7-11(25-10)14-26-15(21)28-16(27-14)24-9-1-4-23-12(5-9)17(8-20)2-3-17/h1,4-7,13H,2-3H2,(H3,21,23,24,26,27,28). The average molecular weight is 381 g/mol. The van der Waals surface area contributed by atoms with Crippen molar-refractivity contribution in [2.24, 2.45) is 0 Å². The molecule has 1 aliphatic rings. The molecule has 0 aromatic carbocycles. The third-order valence-corrected chi connectivity index (χ3v) is 4.23. The van der Waals surface area contributed by atoms with Crippen molar-refractivity contribution >= 4 is 17.6 Å². The molecule has 3 N–H and O–H groups in total. The molecule has 1 aliphatic carbocycles. The van der Waals surface area contributed by atoms with Crippen LogP contribution in [0.5, 0.6) is 0 Å². The minimum atomic E-state index is -2.77. The molecule has 0 aliphatic heterocycles. The van der Waals surface area contributed by atoms with Gasteiger partial charge in [0.25, 0.3) is 6.43 Å². The third-order valence-electron chi connectivity index (χ3n) is 4.23. The Hall–Kier alpha value is -3.81. The Morgan fingerprint density at radius 2 is 2.00 bits per heavy atom. The number of hydrogen-bond acceptors (Lipinski definition) is 9. The van der Waals surface area contributed by atoms with Crippen LogP contribution in [-0.4, -0.2) is 29.9 Å². The Morgan fingerprint density at radius 3 is 2.71 bits per heavy atom. The molecule has 0 unspecified atom stereocenters. The second-order valence-electron chi connectivity index (χ2n) is 6.22. The summed E-state index contributed by atoms with van der Waals surface area (Å²) in [5.41, 5.74) is 6.02. The van der Waals surface area contributed by atoms with Gasteiger partial charge in [-0.25, -0.2) is 13.8 Å². The van der Waals surface area contributed by atoms with E-state index in [4.69, 9.17) is 5.73 Å². The predicted molar refractivity (Wildman–Crippen MR) is 94.3 cm³/mol. The molecule has 1 fully saturated rings. The minimum absolute atomic E-state index is 0.00923. The van der Waals surface area contributed by atoms with E-state index in [0.29, 0.717) is 11.4 Å². The SMILES string of the molecule is N#CC1(c2cc(Nc3nc(N)nc(-c4cncc(C(F)F)n4)n3)ccn2)CC1. The van der Waals surface area contributed by atoms with E-state index in [1.807, 2.05) is 0 Å². The van der Waals surface area contributed by atoms with Crippen molar-refractivity contribution < 1.29 is 8.78 Å². The predicted octanol–water partition coefficient (Wildman–Crippen LogP) is 2.54. The molecule has 28 heavy (non-hydrogen) atoms. The van der Waals surface area contributed by atoms with Crippen LogP contribution in [0.1, 0.15) is 30.7 Å². The molecule has 140 valence electrons. The van der Waals surface area contributed by atoms with Crippen molar-refractivity contribution in [3.63, 3.8) is 0 Å². The Kier molecular flexibility index (Phi) is 4.23. The van der Waals surface area contributed by atoms with E-state index in [1.54, 1.807) is 18.3 Å². The van der Waals surface area contributed by atoms with Gasteiger partial charge in [0, 0.05) is 11.9 Å². The lowest BCUT2D eigenvalue weighted by Gasteiger charge is -2.10. The second kappa shape index (κ2) is 6.73. The first-order valence-corrected chi connectivity index (χ1v) is 8.26. The van der Waals surface area contributed by atoms with Gasteiger partial charge >= 0.3 is 0 Å². The zero-order valence-electron chi connectivity index (χ0n) is 14.3. The quantitative estimate of drug-likeness (QED) is 0.682. The van der Waals surface area contributed by atoms with E-state index < -0.39 is 17.5 Å². The van der Waals surface area contributed by atoms with Crippen LogP contribution in [0.2, 0.25) is 0 Å². The van der Waals surface area contributed by atoms with Crippen molar-refractivity contribution in [3.05, 3.63) is 42.1 Å². The van der Waals surface area contributed by atoms with Gasteiger partial charge in [-0.15, -0.1) is 0 Å². The number of pyridine rings is 1. The lowest BCUT2D eigenvalue weighted by atomic mass is 10.0. The number of halogens is 2. The Morgan fingerprint density at radius 1 is 1.18 bits per heavy atom. The molecule has 0 atom stereocenters. The summed E-state index contributed by atoms with van der Waals surface area (Å²) in [5.74, 6) is 0.00221. The summed E-state index contributed by atoms with van der Waals surface area (Å²) in [7, 11) is 0. The summed E-state index contributed by atoms with van der Waals surface area (Å²) in [6, 6.07) is 5.72. The van der Waals surface area contributed by atoms with Gasteiger partial charge in [0.05, 0.1) is 29.6 Å². The van der Waals surface area contributed by atoms with Gasteiger partial charge in [0.15, 0.2) is 5.82 Å². The summed E-state index contributed by atoms with van der Waals surface area (Å²) in [6.45, 7) is 0. The van der Waals surface area contributed by atoms with Crippen molar-refractivity contribution in [3.8, 4) is 17.6 Å². The highest BCUT2D eigenvalue weighted by molar-refractivity contribution is 5.59. The fourth-order valence-electron chi connectivity index (χ4n) is 2.61. The number of anilines is 3. The van der Waals surface area contributed by atoms with Crippen LogP contribution >= 0.6 is 0 Å². The smallest absolute Gasteiger partial charge is 0.281 e. The lowest BCUT2D eigenvalue weighted by molar-refractivity contribution is 0.145. The lowest BCUT2D eigenvalue weighted by Crippen LogP contribution is -2.08. The van der Waals surface area contributed by atoms with Crippen molar-refractivity contribution in [1.82, 2.24) is 29.9 Å². The molecule has 0 spiro atoms. The van der Waals surface area contributed by atoms with Gasteiger partial charge in [0.2, 0.25) is 11.9 Å². The van der Waals surface area contributed by atoms with E-state index in [-0.39, 0.29) is 23.4 Å². The molecular weight excluding hydrogens is 368 g/mol. The Bertz CT molecular complexity index is 1080. The fourth-order valence-corrected chi connectivity index (χ4v) is 2.61. The molecule has 3 aromatic rings. The second-order valence-corrected chi connectivity index (χ2v) is 6.22. The fraction of sp³-hybridized carbons (Fsp3) is 0.235. The largest absolute Gasteiger partial charge is 0.368 e. The summed E-state index contributed by atoms with van der Waals surface area (Å²) in [4.78, 5) is 23.9. The summed E-state index contributed by atoms with van der Waals surface area (Å²) in [6.07, 6.45) is 2.58.